The first-order valence-electron chi connectivity index (χ1n) is 5.50. The maximum absolute atomic E-state index is 9.36. The van der Waals surface area contributed by atoms with E-state index in [0.717, 1.165) is 25.9 Å². The van der Waals surface area contributed by atoms with Crippen LogP contribution in [-0.4, -0.2) is 24.2 Å². The molecule has 2 atom stereocenters. The third kappa shape index (κ3) is 2.70. The zero-order chi connectivity index (χ0) is 10.7. The molecule has 3 heteroatoms. The van der Waals surface area contributed by atoms with Crippen LogP contribution in [0.5, 0.6) is 5.75 Å². The van der Waals surface area contributed by atoms with E-state index in [1.807, 2.05) is 12.1 Å². The van der Waals surface area contributed by atoms with Crippen molar-refractivity contribution in [2.24, 2.45) is 11.7 Å². The summed E-state index contributed by atoms with van der Waals surface area (Å²) in [4.78, 5) is 0. The Morgan fingerprint density at radius 2 is 2.33 bits per heavy atom. The molecule has 2 unspecified atom stereocenters. The minimum atomic E-state index is 0.237. The van der Waals surface area contributed by atoms with Crippen LogP contribution in [0.1, 0.15) is 12.0 Å². The zero-order valence-electron chi connectivity index (χ0n) is 8.82. The molecule has 0 spiro atoms. The summed E-state index contributed by atoms with van der Waals surface area (Å²) in [5.74, 6) is 0.878. The number of nitrogens with two attached hydrogens (primary N) is 1. The summed E-state index contributed by atoms with van der Waals surface area (Å²) < 4.78 is 0. The van der Waals surface area contributed by atoms with Crippen molar-refractivity contribution in [1.29, 1.82) is 0 Å². The monoisotopic (exact) mass is 206 g/mol. The van der Waals surface area contributed by atoms with Gasteiger partial charge >= 0.3 is 0 Å². The van der Waals surface area contributed by atoms with E-state index >= 15 is 0 Å². The molecule has 1 aromatic carbocycles. The molecule has 15 heavy (non-hydrogen) atoms. The molecular weight excluding hydrogens is 188 g/mol. The van der Waals surface area contributed by atoms with Gasteiger partial charge in [0.1, 0.15) is 5.75 Å². The van der Waals surface area contributed by atoms with Crippen molar-refractivity contribution < 1.29 is 5.11 Å². The largest absolute Gasteiger partial charge is 0.508 e. The highest BCUT2D eigenvalue weighted by Crippen LogP contribution is 2.19. The van der Waals surface area contributed by atoms with Crippen molar-refractivity contribution >= 4 is 0 Å². The van der Waals surface area contributed by atoms with E-state index in [4.69, 9.17) is 5.73 Å². The van der Waals surface area contributed by atoms with Gasteiger partial charge in [-0.3, -0.25) is 0 Å². The Hall–Kier alpha value is -1.06. The number of piperidine rings is 1. The Bertz CT molecular complexity index is 327. The Balaban J connectivity index is 2.01. The van der Waals surface area contributed by atoms with Gasteiger partial charge in [-0.1, -0.05) is 12.1 Å². The number of benzene rings is 1. The molecule has 1 aromatic rings. The fourth-order valence-corrected chi connectivity index (χ4v) is 2.18. The lowest BCUT2D eigenvalue weighted by atomic mass is 9.87. The van der Waals surface area contributed by atoms with Crippen LogP contribution in [0, 0.1) is 5.92 Å². The van der Waals surface area contributed by atoms with Gasteiger partial charge in [0.2, 0.25) is 0 Å². The van der Waals surface area contributed by atoms with Gasteiger partial charge in [-0.25, -0.2) is 0 Å². The molecule has 4 N–H and O–H groups in total. The second kappa shape index (κ2) is 4.64. The van der Waals surface area contributed by atoms with Crippen molar-refractivity contribution in [3.8, 4) is 5.75 Å². The van der Waals surface area contributed by atoms with Crippen LogP contribution in [0.15, 0.2) is 24.3 Å². The summed E-state index contributed by atoms with van der Waals surface area (Å²) in [6.07, 6.45) is 2.09. The molecule has 1 fully saturated rings. The maximum atomic E-state index is 9.36. The molecule has 0 amide bonds. The number of aromatic hydroxyl groups is 1. The lowest BCUT2D eigenvalue weighted by molar-refractivity contribution is 0.322. The standard InChI is InChI=1S/C12H18N2O/c13-12-8-14-5-4-10(12)6-9-2-1-3-11(15)7-9/h1-3,7,10,12,14-15H,4-6,8,13H2. The first kappa shape index (κ1) is 10.5. The minimum Gasteiger partial charge on any atom is -0.508 e. The van der Waals surface area contributed by atoms with Crippen molar-refractivity contribution in [2.75, 3.05) is 13.1 Å². The van der Waals surface area contributed by atoms with E-state index in [9.17, 15) is 5.11 Å². The first-order chi connectivity index (χ1) is 7.25. The molecule has 82 valence electrons. The van der Waals surface area contributed by atoms with Gasteiger partial charge in [0.05, 0.1) is 0 Å². The molecule has 1 saturated heterocycles. The van der Waals surface area contributed by atoms with Crippen LogP contribution >= 0.6 is 0 Å². The highest BCUT2D eigenvalue weighted by molar-refractivity contribution is 5.27. The minimum absolute atomic E-state index is 0.237. The number of nitrogens with one attached hydrogen (secondary N) is 1. The number of hydrogen-bond donors (Lipinski definition) is 3. The molecule has 1 aliphatic heterocycles. The van der Waals surface area contributed by atoms with Crippen LogP contribution in [0.4, 0.5) is 0 Å². The predicted octanol–water partition coefficient (Wildman–Crippen LogP) is 0.871. The quantitative estimate of drug-likeness (QED) is 0.673. The van der Waals surface area contributed by atoms with Crippen molar-refractivity contribution in [3.05, 3.63) is 29.8 Å². The Morgan fingerprint density at radius 3 is 3.07 bits per heavy atom. The third-order valence-corrected chi connectivity index (χ3v) is 3.09. The van der Waals surface area contributed by atoms with E-state index in [1.54, 1.807) is 6.07 Å². The van der Waals surface area contributed by atoms with E-state index in [-0.39, 0.29) is 6.04 Å². The number of rotatable bonds is 2. The molecule has 0 bridgehead atoms. The number of hydrogen-bond acceptors (Lipinski definition) is 3. The molecule has 0 aromatic heterocycles. The maximum Gasteiger partial charge on any atom is 0.115 e. The Morgan fingerprint density at radius 1 is 1.47 bits per heavy atom. The van der Waals surface area contributed by atoms with Gasteiger partial charge in [-0.05, 0) is 43.0 Å². The van der Waals surface area contributed by atoms with Crippen molar-refractivity contribution in [1.82, 2.24) is 5.32 Å². The summed E-state index contributed by atoms with van der Waals surface area (Å²) in [7, 11) is 0. The summed E-state index contributed by atoms with van der Waals surface area (Å²) >= 11 is 0. The highest BCUT2D eigenvalue weighted by atomic mass is 16.3. The molecule has 0 aliphatic carbocycles. The van der Waals surface area contributed by atoms with E-state index < -0.39 is 0 Å². The van der Waals surface area contributed by atoms with E-state index in [0.29, 0.717) is 11.7 Å². The second-order valence-electron chi connectivity index (χ2n) is 4.29. The summed E-state index contributed by atoms with van der Waals surface area (Å²) in [5, 5.41) is 12.7. The van der Waals surface area contributed by atoms with Crippen LogP contribution in [0.2, 0.25) is 0 Å². The summed E-state index contributed by atoms with van der Waals surface area (Å²) in [5.41, 5.74) is 7.22. The van der Waals surface area contributed by atoms with Gasteiger partial charge in [0.15, 0.2) is 0 Å². The number of phenolic OH excluding ortho intramolecular Hbond substituents is 1. The van der Waals surface area contributed by atoms with E-state index in [1.165, 1.54) is 5.56 Å². The molecule has 3 nitrogen and oxygen atoms in total. The average molecular weight is 206 g/mol. The topological polar surface area (TPSA) is 58.3 Å². The highest BCUT2D eigenvalue weighted by Gasteiger charge is 2.21. The van der Waals surface area contributed by atoms with Gasteiger partial charge < -0.3 is 16.2 Å². The first-order valence-corrected chi connectivity index (χ1v) is 5.50. The average Bonchev–Trinajstić information content (AvgIpc) is 2.22. The lowest BCUT2D eigenvalue weighted by Gasteiger charge is -2.29. The molecule has 0 saturated carbocycles. The smallest absolute Gasteiger partial charge is 0.115 e. The molecule has 1 heterocycles. The normalized spacial score (nSPS) is 26.5. The third-order valence-electron chi connectivity index (χ3n) is 3.09. The van der Waals surface area contributed by atoms with E-state index in [2.05, 4.69) is 11.4 Å². The van der Waals surface area contributed by atoms with Crippen molar-refractivity contribution in [2.45, 2.75) is 18.9 Å². The summed E-state index contributed by atoms with van der Waals surface area (Å²) in [6.45, 7) is 1.96. The van der Waals surface area contributed by atoms with Crippen LogP contribution in [0.25, 0.3) is 0 Å². The lowest BCUT2D eigenvalue weighted by Crippen LogP contribution is -2.46. The second-order valence-corrected chi connectivity index (χ2v) is 4.29. The Kier molecular flexibility index (Phi) is 3.23. The molecule has 0 radical (unpaired) electrons. The van der Waals surface area contributed by atoms with Gasteiger partial charge in [0, 0.05) is 12.6 Å². The van der Waals surface area contributed by atoms with Crippen LogP contribution in [0.3, 0.4) is 0 Å². The fourth-order valence-electron chi connectivity index (χ4n) is 2.18. The zero-order valence-corrected chi connectivity index (χ0v) is 8.82. The molecular formula is C12H18N2O. The Labute approximate surface area is 90.3 Å². The van der Waals surface area contributed by atoms with Crippen LogP contribution < -0.4 is 11.1 Å². The predicted molar refractivity (Wildman–Crippen MR) is 60.8 cm³/mol. The molecule has 2 rings (SSSR count). The SMILES string of the molecule is NC1CNCCC1Cc1cccc(O)c1. The van der Waals surface area contributed by atoms with Gasteiger partial charge in [0.25, 0.3) is 0 Å². The summed E-state index contributed by atoms with van der Waals surface area (Å²) in [6, 6.07) is 7.70. The van der Waals surface area contributed by atoms with Crippen molar-refractivity contribution in [3.63, 3.8) is 0 Å². The number of phenols is 1. The van der Waals surface area contributed by atoms with Gasteiger partial charge in [-0.15, -0.1) is 0 Å². The van der Waals surface area contributed by atoms with Crippen LogP contribution in [-0.2, 0) is 6.42 Å². The fraction of sp³-hybridized carbons (Fsp3) is 0.500. The van der Waals surface area contributed by atoms with Gasteiger partial charge in [-0.2, -0.15) is 0 Å². The molecule has 1 aliphatic rings.